The Morgan fingerprint density at radius 3 is 2.47 bits per heavy atom. The summed E-state index contributed by atoms with van der Waals surface area (Å²) in [4.78, 5) is 2.53. The first-order valence-electron chi connectivity index (χ1n) is 12.2. The fourth-order valence-electron chi connectivity index (χ4n) is 4.24. The molecule has 4 nitrogen and oxygen atoms in total. The molecule has 34 heavy (non-hydrogen) atoms. The fourth-order valence-corrected chi connectivity index (χ4v) is 4.24. The summed E-state index contributed by atoms with van der Waals surface area (Å²) >= 11 is 0. The monoisotopic (exact) mass is 455 g/mol. The highest BCUT2D eigenvalue weighted by Gasteiger charge is 2.31. The first kappa shape index (κ1) is 25.4. The Bertz CT molecular complexity index is 1120. The lowest BCUT2D eigenvalue weighted by molar-refractivity contribution is 0.223. The molecule has 0 radical (unpaired) electrons. The van der Waals surface area contributed by atoms with Crippen molar-refractivity contribution in [2.24, 2.45) is 11.3 Å². The van der Waals surface area contributed by atoms with E-state index in [0.29, 0.717) is 17.3 Å². The molecule has 0 N–H and O–H groups in total. The molecular weight excluding hydrogens is 418 g/mol. The van der Waals surface area contributed by atoms with Gasteiger partial charge in [0.25, 0.3) is 0 Å². The third-order valence-corrected chi connectivity index (χ3v) is 6.58. The first-order valence-corrected chi connectivity index (χ1v) is 12.2. The zero-order chi connectivity index (χ0) is 25.1. The van der Waals surface area contributed by atoms with Crippen LogP contribution in [0, 0.1) is 34.0 Å². The number of hydrogen-bond acceptors (Lipinski definition) is 4. The minimum atomic E-state index is -0.246. The maximum atomic E-state index is 9.36. The standard InChI is InChI=1S/C30H37N3O/c1-21(2)12-14-33-15-13-30(6,7)26-16-22(9-11-27(26)33)8-10-25-17-23(24(19-31)20-32)18-28(34-25)29(3,4)5/h8-11,16-18,21H,12-15H2,1-7H3/b10-8+. The zero-order valence-electron chi connectivity index (χ0n) is 21.7. The quantitative estimate of drug-likeness (QED) is 0.433. The van der Waals surface area contributed by atoms with Gasteiger partial charge in [-0.25, -0.2) is 0 Å². The summed E-state index contributed by atoms with van der Waals surface area (Å²) in [5.41, 5.74) is 4.40. The van der Waals surface area contributed by atoms with Crippen molar-refractivity contribution in [1.82, 2.24) is 0 Å². The van der Waals surface area contributed by atoms with Crippen molar-refractivity contribution in [3.8, 4) is 12.1 Å². The molecule has 178 valence electrons. The SMILES string of the molecule is CC(C)CCN1CCC(C)(C)c2cc(/C=C/C3=CC(=C(C#N)C#N)C=C(C(C)(C)C)O3)ccc21. The second-order valence-corrected chi connectivity index (χ2v) is 11.4. The number of ether oxygens (including phenoxy) is 1. The van der Waals surface area contributed by atoms with Crippen LogP contribution in [0.2, 0.25) is 0 Å². The van der Waals surface area contributed by atoms with Crippen LogP contribution in [0.25, 0.3) is 6.08 Å². The fraction of sp³-hybridized carbons (Fsp3) is 0.467. The van der Waals surface area contributed by atoms with E-state index in [2.05, 4.69) is 77.6 Å². The van der Waals surface area contributed by atoms with Crippen LogP contribution in [0.1, 0.15) is 72.4 Å². The second-order valence-electron chi connectivity index (χ2n) is 11.4. The van der Waals surface area contributed by atoms with Crippen LogP contribution in [-0.4, -0.2) is 13.1 Å². The van der Waals surface area contributed by atoms with Crippen LogP contribution in [-0.2, 0) is 10.2 Å². The topological polar surface area (TPSA) is 60.0 Å². The molecule has 0 fully saturated rings. The Hall–Kier alpha value is -3.24. The second kappa shape index (κ2) is 9.94. The van der Waals surface area contributed by atoms with Gasteiger partial charge in [0.1, 0.15) is 29.2 Å². The van der Waals surface area contributed by atoms with Gasteiger partial charge in [-0.1, -0.05) is 60.6 Å². The van der Waals surface area contributed by atoms with Gasteiger partial charge in [0, 0.05) is 29.8 Å². The van der Waals surface area contributed by atoms with Crippen molar-refractivity contribution in [2.75, 3.05) is 18.0 Å². The Morgan fingerprint density at radius 1 is 1.15 bits per heavy atom. The lowest BCUT2D eigenvalue weighted by atomic mass is 9.77. The van der Waals surface area contributed by atoms with E-state index in [1.165, 1.54) is 17.7 Å². The number of rotatable bonds is 5. The van der Waals surface area contributed by atoms with Gasteiger partial charge in [-0.05, 0) is 65.7 Å². The number of nitriles is 2. The molecule has 0 amide bonds. The Labute approximate surface area is 205 Å². The van der Waals surface area contributed by atoms with E-state index < -0.39 is 0 Å². The molecule has 0 saturated heterocycles. The number of anilines is 1. The molecule has 0 atom stereocenters. The summed E-state index contributed by atoms with van der Waals surface area (Å²) in [6, 6.07) is 10.7. The van der Waals surface area contributed by atoms with E-state index in [0.717, 1.165) is 30.8 Å². The molecular formula is C30H37N3O. The summed E-state index contributed by atoms with van der Waals surface area (Å²) < 4.78 is 6.14. The van der Waals surface area contributed by atoms with Gasteiger partial charge in [0.2, 0.25) is 0 Å². The largest absolute Gasteiger partial charge is 0.461 e. The number of nitrogens with zero attached hydrogens (tertiary/aromatic N) is 3. The molecule has 0 spiro atoms. The van der Waals surface area contributed by atoms with E-state index >= 15 is 0 Å². The van der Waals surface area contributed by atoms with Crippen molar-refractivity contribution in [1.29, 1.82) is 10.5 Å². The van der Waals surface area contributed by atoms with Gasteiger partial charge in [0.15, 0.2) is 0 Å². The number of hydrogen-bond donors (Lipinski definition) is 0. The van der Waals surface area contributed by atoms with Crippen molar-refractivity contribution in [2.45, 2.75) is 66.7 Å². The molecule has 2 aliphatic heterocycles. The number of benzene rings is 1. The van der Waals surface area contributed by atoms with Crippen molar-refractivity contribution < 1.29 is 4.74 Å². The molecule has 1 aromatic rings. The first-order chi connectivity index (χ1) is 15.9. The van der Waals surface area contributed by atoms with Crippen LogP contribution < -0.4 is 4.90 Å². The van der Waals surface area contributed by atoms with E-state index in [4.69, 9.17) is 4.74 Å². The van der Waals surface area contributed by atoms with Gasteiger partial charge in [0.05, 0.1) is 0 Å². The minimum Gasteiger partial charge on any atom is -0.461 e. The third-order valence-electron chi connectivity index (χ3n) is 6.58. The highest BCUT2D eigenvalue weighted by atomic mass is 16.5. The molecule has 3 rings (SSSR count). The molecule has 4 heteroatoms. The molecule has 1 aromatic carbocycles. The number of allylic oxidation sites excluding steroid dienone is 6. The van der Waals surface area contributed by atoms with E-state index in [1.54, 1.807) is 12.2 Å². The van der Waals surface area contributed by atoms with Crippen LogP contribution in [0.5, 0.6) is 0 Å². The van der Waals surface area contributed by atoms with Crippen molar-refractivity contribution in [3.05, 3.63) is 70.2 Å². The smallest absolute Gasteiger partial charge is 0.137 e. The van der Waals surface area contributed by atoms with Gasteiger partial charge < -0.3 is 9.64 Å². The van der Waals surface area contributed by atoms with Crippen LogP contribution in [0.4, 0.5) is 5.69 Å². The maximum absolute atomic E-state index is 9.36. The molecule has 0 aromatic heterocycles. The summed E-state index contributed by atoms with van der Waals surface area (Å²) in [6.45, 7) is 17.6. The zero-order valence-corrected chi connectivity index (χ0v) is 21.7. The van der Waals surface area contributed by atoms with Crippen molar-refractivity contribution >= 4 is 11.8 Å². The predicted molar refractivity (Wildman–Crippen MR) is 140 cm³/mol. The Balaban J connectivity index is 1.93. The van der Waals surface area contributed by atoms with Gasteiger partial charge in [-0.3, -0.25) is 0 Å². The highest BCUT2D eigenvalue weighted by molar-refractivity contribution is 5.65. The summed E-state index contributed by atoms with van der Waals surface area (Å²) in [5.74, 6) is 2.05. The van der Waals surface area contributed by atoms with Crippen LogP contribution >= 0.6 is 0 Å². The minimum absolute atomic E-state index is 0.0907. The average molecular weight is 456 g/mol. The molecule has 0 unspecified atom stereocenters. The van der Waals surface area contributed by atoms with Crippen LogP contribution in [0.15, 0.2) is 59.1 Å². The normalized spacial score (nSPS) is 17.5. The van der Waals surface area contributed by atoms with E-state index in [9.17, 15) is 10.5 Å². The van der Waals surface area contributed by atoms with E-state index in [1.807, 2.05) is 18.2 Å². The van der Waals surface area contributed by atoms with E-state index in [-0.39, 0.29) is 16.4 Å². The Kier molecular flexibility index (Phi) is 7.42. The Morgan fingerprint density at radius 2 is 1.85 bits per heavy atom. The molecule has 2 aliphatic rings. The highest BCUT2D eigenvalue weighted by Crippen LogP contribution is 2.41. The molecule has 0 bridgehead atoms. The van der Waals surface area contributed by atoms with Gasteiger partial charge in [-0.2, -0.15) is 10.5 Å². The molecule has 0 aliphatic carbocycles. The molecule has 2 heterocycles. The van der Waals surface area contributed by atoms with Crippen molar-refractivity contribution in [3.63, 3.8) is 0 Å². The summed E-state index contributed by atoms with van der Waals surface area (Å²) in [5, 5.41) is 18.7. The van der Waals surface area contributed by atoms with Gasteiger partial charge in [-0.15, -0.1) is 0 Å². The maximum Gasteiger partial charge on any atom is 0.137 e. The molecule has 0 saturated carbocycles. The lowest BCUT2D eigenvalue weighted by Gasteiger charge is -2.40. The van der Waals surface area contributed by atoms with Gasteiger partial charge >= 0.3 is 0 Å². The lowest BCUT2D eigenvalue weighted by Crippen LogP contribution is -2.38. The predicted octanol–water partition coefficient (Wildman–Crippen LogP) is 7.42. The van der Waals surface area contributed by atoms with Crippen LogP contribution in [0.3, 0.4) is 0 Å². The number of fused-ring (bicyclic) bond motifs is 1. The average Bonchev–Trinajstić information content (AvgIpc) is 2.77. The summed E-state index contributed by atoms with van der Waals surface area (Å²) in [7, 11) is 0. The summed E-state index contributed by atoms with van der Waals surface area (Å²) in [6.07, 6.45) is 9.88. The third kappa shape index (κ3) is 5.81.